The van der Waals surface area contributed by atoms with Gasteiger partial charge in [-0.15, -0.1) is 0 Å². The summed E-state index contributed by atoms with van der Waals surface area (Å²) < 4.78 is 11.0. The Bertz CT molecular complexity index is 511. The molecule has 0 radical (unpaired) electrons. The van der Waals surface area contributed by atoms with E-state index in [9.17, 15) is 25.2 Å². The summed E-state index contributed by atoms with van der Waals surface area (Å²) in [5.41, 5.74) is 1.46. The molecule has 0 amide bonds. The van der Waals surface area contributed by atoms with Crippen molar-refractivity contribution in [2.75, 3.05) is 6.61 Å². The van der Waals surface area contributed by atoms with Gasteiger partial charge in [-0.2, -0.15) is 0 Å². The first kappa shape index (κ1) is 19.2. The zero-order valence-electron chi connectivity index (χ0n) is 14.0. The molecule has 0 aromatic carbocycles. The second-order valence-corrected chi connectivity index (χ2v) is 6.19. The number of allylic oxidation sites excluding steroid dienone is 3. The lowest BCUT2D eigenvalue weighted by Crippen LogP contribution is -2.59. The maximum absolute atomic E-state index is 12.1. The predicted molar refractivity (Wildman–Crippen MR) is 85.0 cm³/mol. The zero-order chi connectivity index (χ0) is 17.9. The van der Waals surface area contributed by atoms with Crippen molar-refractivity contribution < 1.29 is 34.7 Å². The Hall–Kier alpha value is -1.09. The van der Waals surface area contributed by atoms with Gasteiger partial charge in [0.25, 0.3) is 0 Å². The van der Waals surface area contributed by atoms with Gasteiger partial charge in [-0.1, -0.05) is 19.1 Å². The van der Waals surface area contributed by atoms with E-state index in [0.717, 1.165) is 12.0 Å². The highest BCUT2D eigenvalue weighted by Crippen LogP contribution is 2.32. The Kier molecular flexibility index (Phi) is 6.68. The average molecular weight is 342 g/mol. The van der Waals surface area contributed by atoms with Crippen molar-refractivity contribution in [3.05, 3.63) is 23.3 Å². The number of carbonyl (C=O) groups excluding carboxylic acids is 1. The van der Waals surface area contributed by atoms with Crippen LogP contribution in [-0.4, -0.2) is 69.6 Å². The molecule has 2 rings (SSSR count). The van der Waals surface area contributed by atoms with Crippen molar-refractivity contribution in [1.82, 2.24) is 0 Å². The summed E-state index contributed by atoms with van der Waals surface area (Å²) in [4.78, 5) is 12.1. The number of hydrogen-bond acceptors (Lipinski definition) is 7. The first-order valence-corrected chi connectivity index (χ1v) is 8.24. The lowest BCUT2D eigenvalue weighted by atomic mass is 9.99. The Morgan fingerprint density at radius 2 is 1.92 bits per heavy atom. The van der Waals surface area contributed by atoms with E-state index in [0.29, 0.717) is 12.0 Å². The van der Waals surface area contributed by atoms with Crippen molar-refractivity contribution in [2.24, 2.45) is 0 Å². The molecule has 1 fully saturated rings. The molecule has 0 aromatic rings. The lowest BCUT2D eigenvalue weighted by molar-refractivity contribution is -0.307. The fraction of sp³-hybridized carbons (Fsp3) is 0.706. The Morgan fingerprint density at radius 1 is 1.21 bits per heavy atom. The summed E-state index contributed by atoms with van der Waals surface area (Å²) in [5, 5.41) is 38.8. The maximum Gasteiger partial charge on any atom is 0.187 e. The van der Waals surface area contributed by atoms with Gasteiger partial charge in [0.2, 0.25) is 0 Å². The van der Waals surface area contributed by atoms with Crippen LogP contribution in [0.5, 0.6) is 0 Å². The molecule has 24 heavy (non-hydrogen) atoms. The minimum Gasteiger partial charge on any atom is -0.394 e. The molecule has 0 spiro atoms. The standard InChI is InChI=1S/C17H26O7/c1-3-4-5-6-10-9(2)12(7-11(10)19)23-17-16(22)15(21)14(20)13(8-18)24-17/h4-5,12-18,20-22H,3,6-8H2,1-2H3. The molecule has 0 bridgehead atoms. The number of aliphatic hydroxyl groups excluding tert-OH is 4. The SMILES string of the molecule is CCC=CCC1=C(C)C(OC2OC(CO)C(O)C(O)C2O)CC1=O. The molecule has 136 valence electrons. The zero-order valence-corrected chi connectivity index (χ0v) is 14.0. The van der Waals surface area contributed by atoms with Crippen LogP contribution in [0.3, 0.4) is 0 Å². The highest BCUT2D eigenvalue weighted by atomic mass is 16.7. The number of Topliss-reactive ketones (excluding diaryl/α,β-unsaturated/α-hetero) is 1. The van der Waals surface area contributed by atoms with Crippen LogP contribution in [0, 0.1) is 0 Å². The van der Waals surface area contributed by atoms with Crippen LogP contribution in [-0.2, 0) is 14.3 Å². The largest absolute Gasteiger partial charge is 0.394 e. The Balaban J connectivity index is 2.07. The van der Waals surface area contributed by atoms with E-state index < -0.39 is 43.4 Å². The maximum atomic E-state index is 12.1. The van der Waals surface area contributed by atoms with Crippen molar-refractivity contribution in [2.45, 2.75) is 69.9 Å². The first-order valence-electron chi connectivity index (χ1n) is 8.24. The third-order valence-corrected chi connectivity index (χ3v) is 4.54. The van der Waals surface area contributed by atoms with E-state index in [2.05, 4.69) is 0 Å². The Morgan fingerprint density at radius 3 is 2.54 bits per heavy atom. The smallest absolute Gasteiger partial charge is 0.187 e. The molecule has 0 saturated carbocycles. The quantitative estimate of drug-likeness (QED) is 0.495. The van der Waals surface area contributed by atoms with Crippen LogP contribution in [0.25, 0.3) is 0 Å². The van der Waals surface area contributed by atoms with Crippen molar-refractivity contribution >= 4 is 5.78 Å². The van der Waals surface area contributed by atoms with Crippen LogP contribution >= 0.6 is 0 Å². The van der Waals surface area contributed by atoms with Crippen LogP contribution in [0.15, 0.2) is 23.3 Å². The van der Waals surface area contributed by atoms with Gasteiger partial charge in [-0.25, -0.2) is 0 Å². The van der Waals surface area contributed by atoms with Gasteiger partial charge in [-0.05, 0) is 25.3 Å². The van der Waals surface area contributed by atoms with Gasteiger partial charge in [0.15, 0.2) is 12.1 Å². The molecule has 7 heteroatoms. The van der Waals surface area contributed by atoms with Gasteiger partial charge in [0.1, 0.15) is 24.4 Å². The second kappa shape index (κ2) is 8.33. The van der Waals surface area contributed by atoms with E-state index in [1.807, 2.05) is 19.1 Å². The molecule has 6 unspecified atom stereocenters. The van der Waals surface area contributed by atoms with E-state index in [1.165, 1.54) is 0 Å². The number of ether oxygens (including phenoxy) is 2. The van der Waals surface area contributed by atoms with Crippen LogP contribution in [0.2, 0.25) is 0 Å². The minimum absolute atomic E-state index is 0.0113. The van der Waals surface area contributed by atoms with Gasteiger partial charge in [0.05, 0.1) is 12.7 Å². The normalized spacial score (nSPS) is 37.7. The number of aliphatic hydroxyl groups is 4. The number of carbonyl (C=O) groups is 1. The number of rotatable bonds is 6. The average Bonchev–Trinajstić information content (AvgIpc) is 2.83. The third-order valence-electron chi connectivity index (χ3n) is 4.54. The molecule has 0 aromatic heterocycles. The molecule has 1 saturated heterocycles. The Labute approximate surface area is 141 Å². The third kappa shape index (κ3) is 3.93. The highest BCUT2D eigenvalue weighted by molar-refractivity contribution is 5.99. The van der Waals surface area contributed by atoms with E-state index >= 15 is 0 Å². The van der Waals surface area contributed by atoms with Crippen molar-refractivity contribution in [3.8, 4) is 0 Å². The summed E-state index contributed by atoms with van der Waals surface area (Å²) in [6, 6.07) is 0. The second-order valence-electron chi connectivity index (χ2n) is 6.19. The number of ketones is 1. The molecule has 6 atom stereocenters. The van der Waals surface area contributed by atoms with Gasteiger partial charge in [0, 0.05) is 12.0 Å². The van der Waals surface area contributed by atoms with Crippen molar-refractivity contribution in [3.63, 3.8) is 0 Å². The first-order chi connectivity index (χ1) is 11.4. The van der Waals surface area contributed by atoms with E-state index in [4.69, 9.17) is 9.47 Å². The fourth-order valence-electron chi connectivity index (χ4n) is 2.99. The molecule has 1 aliphatic heterocycles. The van der Waals surface area contributed by atoms with Gasteiger partial charge in [-0.3, -0.25) is 4.79 Å². The molecular weight excluding hydrogens is 316 g/mol. The highest BCUT2D eigenvalue weighted by Gasteiger charge is 2.45. The summed E-state index contributed by atoms with van der Waals surface area (Å²) in [5.74, 6) is -0.0113. The number of hydrogen-bond donors (Lipinski definition) is 4. The van der Waals surface area contributed by atoms with Crippen LogP contribution in [0.4, 0.5) is 0 Å². The monoisotopic (exact) mass is 342 g/mol. The fourth-order valence-corrected chi connectivity index (χ4v) is 2.99. The topological polar surface area (TPSA) is 116 Å². The summed E-state index contributed by atoms with van der Waals surface area (Å²) >= 11 is 0. The lowest BCUT2D eigenvalue weighted by Gasteiger charge is -2.40. The molecule has 4 N–H and O–H groups in total. The molecular formula is C17H26O7. The summed E-state index contributed by atoms with van der Waals surface area (Å²) in [6.07, 6.45) is -1.68. The summed E-state index contributed by atoms with van der Waals surface area (Å²) in [7, 11) is 0. The summed E-state index contributed by atoms with van der Waals surface area (Å²) in [6.45, 7) is 3.30. The van der Waals surface area contributed by atoms with Crippen LogP contribution in [0.1, 0.15) is 33.1 Å². The molecule has 7 nitrogen and oxygen atoms in total. The predicted octanol–water partition coefficient (Wildman–Crippen LogP) is -0.183. The van der Waals surface area contributed by atoms with E-state index in [1.54, 1.807) is 6.92 Å². The molecule has 1 aliphatic carbocycles. The van der Waals surface area contributed by atoms with Crippen molar-refractivity contribution in [1.29, 1.82) is 0 Å². The minimum atomic E-state index is -1.49. The van der Waals surface area contributed by atoms with Gasteiger partial charge >= 0.3 is 0 Å². The van der Waals surface area contributed by atoms with Crippen LogP contribution < -0.4 is 0 Å². The molecule has 1 heterocycles. The van der Waals surface area contributed by atoms with E-state index in [-0.39, 0.29) is 12.2 Å². The van der Waals surface area contributed by atoms with Gasteiger partial charge < -0.3 is 29.9 Å². The molecule has 2 aliphatic rings.